The number of hydrogen-bond donors (Lipinski definition) is 1. The number of aldehydes is 1. The Morgan fingerprint density at radius 1 is 1.62 bits per heavy atom. The van der Waals surface area contributed by atoms with Crippen molar-refractivity contribution >= 4 is 38.8 Å². The molecular formula is C9H6BrN3O3. The maximum absolute atomic E-state index is 10.8. The standard InChI is InChI=1S/C9H6BrN3O3/c1-4-5-2-7(13(15)16)6(3-14)8(10)9(5)12-11-4/h2-3H,1H3,(H,11,12). The first-order valence-electron chi connectivity index (χ1n) is 4.33. The van der Waals surface area contributed by atoms with Crippen molar-refractivity contribution in [3.63, 3.8) is 0 Å². The van der Waals surface area contributed by atoms with Crippen molar-refractivity contribution < 1.29 is 9.72 Å². The van der Waals surface area contributed by atoms with Crippen LogP contribution in [0.2, 0.25) is 0 Å². The van der Waals surface area contributed by atoms with Crippen molar-refractivity contribution in [2.45, 2.75) is 6.92 Å². The number of aromatic nitrogens is 2. The number of rotatable bonds is 2. The van der Waals surface area contributed by atoms with Gasteiger partial charge in [-0.2, -0.15) is 5.10 Å². The number of halogens is 1. The number of hydrogen-bond acceptors (Lipinski definition) is 4. The lowest BCUT2D eigenvalue weighted by Crippen LogP contribution is -1.96. The summed E-state index contributed by atoms with van der Waals surface area (Å²) in [5.74, 6) is 0. The normalized spacial score (nSPS) is 10.6. The summed E-state index contributed by atoms with van der Waals surface area (Å²) < 4.78 is 0.344. The van der Waals surface area contributed by atoms with Gasteiger partial charge in [-0.3, -0.25) is 20.0 Å². The lowest BCUT2D eigenvalue weighted by atomic mass is 10.1. The highest BCUT2D eigenvalue weighted by Gasteiger charge is 2.21. The molecule has 6 nitrogen and oxygen atoms in total. The summed E-state index contributed by atoms with van der Waals surface area (Å²) in [6, 6.07) is 1.35. The molecule has 1 aromatic carbocycles. The van der Waals surface area contributed by atoms with Gasteiger partial charge in [-0.05, 0) is 22.9 Å². The van der Waals surface area contributed by atoms with Gasteiger partial charge in [0.25, 0.3) is 5.69 Å². The maximum atomic E-state index is 10.8. The molecule has 2 aromatic rings. The SMILES string of the molecule is Cc1[nH]nc2c(Br)c(C=O)c([N+](=O)[O-])cc12. The van der Waals surface area contributed by atoms with E-state index in [1.165, 1.54) is 6.07 Å². The van der Waals surface area contributed by atoms with Crippen molar-refractivity contribution in [1.82, 2.24) is 10.2 Å². The Morgan fingerprint density at radius 2 is 2.31 bits per heavy atom. The van der Waals surface area contributed by atoms with Gasteiger partial charge >= 0.3 is 0 Å². The second-order valence-corrected chi connectivity index (χ2v) is 4.04. The fraction of sp³-hybridized carbons (Fsp3) is 0.111. The zero-order valence-electron chi connectivity index (χ0n) is 8.15. The Bertz CT molecular complexity index is 606. The van der Waals surface area contributed by atoms with Gasteiger partial charge in [0.2, 0.25) is 0 Å². The van der Waals surface area contributed by atoms with E-state index in [9.17, 15) is 14.9 Å². The van der Waals surface area contributed by atoms with E-state index >= 15 is 0 Å². The summed E-state index contributed by atoms with van der Waals surface area (Å²) in [5, 5.41) is 18.1. The number of nitrogens with one attached hydrogen (secondary N) is 1. The molecule has 0 fully saturated rings. The maximum Gasteiger partial charge on any atom is 0.281 e. The van der Waals surface area contributed by atoms with E-state index in [1.54, 1.807) is 6.92 Å². The van der Waals surface area contributed by atoms with Crippen molar-refractivity contribution in [3.05, 3.63) is 31.9 Å². The topological polar surface area (TPSA) is 88.9 Å². The molecule has 0 spiro atoms. The van der Waals surface area contributed by atoms with E-state index in [4.69, 9.17) is 0 Å². The molecule has 0 unspecified atom stereocenters. The lowest BCUT2D eigenvalue weighted by Gasteiger charge is -2.00. The number of nitro benzene ring substituents is 1. The highest BCUT2D eigenvalue weighted by atomic mass is 79.9. The van der Waals surface area contributed by atoms with E-state index in [0.29, 0.717) is 21.7 Å². The monoisotopic (exact) mass is 283 g/mol. The Labute approximate surface area is 97.9 Å². The Balaban J connectivity index is 2.94. The van der Waals surface area contributed by atoms with Gasteiger partial charge in [0.15, 0.2) is 6.29 Å². The Morgan fingerprint density at radius 3 is 2.88 bits per heavy atom. The predicted octanol–water partition coefficient (Wildman–Crippen LogP) is 2.35. The van der Waals surface area contributed by atoms with Crippen molar-refractivity contribution in [1.29, 1.82) is 0 Å². The number of carbonyl (C=O) groups is 1. The van der Waals surface area contributed by atoms with Crippen LogP contribution in [-0.2, 0) is 0 Å². The first-order chi connectivity index (χ1) is 7.56. The number of nitrogens with zero attached hydrogens (tertiary/aromatic N) is 2. The Hall–Kier alpha value is -1.76. The fourth-order valence-electron chi connectivity index (χ4n) is 1.50. The van der Waals surface area contributed by atoms with Gasteiger partial charge in [-0.15, -0.1) is 0 Å². The number of fused-ring (bicyclic) bond motifs is 1. The van der Waals surface area contributed by atoms with E-state index in [0.717, 1.165) is 5.69 Å². The van der Waals surface area contributed by atoms with Crippen LogP contribution in [0.3, 0.4) is 0 Å². The summed E-state index contributed by atoms with van der Waals surface area (Å²) >= 11 is 3.16. The molecule has 0 atom stereocenters. The number of benzene rings is 1. The molecule has 0 aliphatic carbocycles. The molecule has 0 aliphatic rings. The first-order valence-corrected chi connectivity index (χ1v) is 5.12. The van der Waals surface area contributed by atoms with Crippen LogP contribution < -0.4 is 0 Å². The summed E-state index contributed by atoms with van der Waals surface area (Å²) in [6.45, 7) is 1.76. The molecule has 82 valence electrons. The molecule has 0 amide bonds. The molecule has 0 aliphatic heterocycles. The van der Waals surface area contributed by atoms with Gasteiger partial charge in [-0.1, -0.05) is 0 Å². The molecule has 0 saturated carbocycles. The van der Waals surface area contributed by atoms with Crippen molar-refractivity contribution in [2.24, 2.45) is 0 Å². The molecule has 1 N–H and O–H groups in total. The summed E-state index contributed by atoms with van der Waals surface area (Å²) in [4.78, 5) is 21.1. The van der Waals surface area contributed by atoms with E-state index in [-0.39, 0.29) is 11.3 Å². The highest BCUT2D eigenvalue weighted by molar-refractivity contribution is 9.10. The van der Waals surface area contributed by atoms with Gasteiger partial charge in [0.05, 0.1) is 9.40 Å². The van der Waals surface area contributed by atoms with Gasteiger partial charge < -0.3 is 0 Å². The molecule has 16 heavy (non-hydrogen) atoms. The zero-order valence-corrected chi connectivity index (χ0v) is 9.74. The minimum atomic E-state index is -0.583. The van der Waals surface area contributed by atoms with E-state index in [1.807, 2.05) is 0 Å². The molecule has 2 rings (SSSR count). The highest BCUT2D eigenvalue weighted by Crippen LogP contribution is 2.33. The lowest BCUT2D eigenvalue weighted by molar-refractivity contribution is -0.385. The molecule has 0 saturated heterocycles. The van der Waals surface area contributed by atoms with Gasteiger partial charge in [-0.25, -0.2) is 0 Å². The summed E-state index contributed by atoms with van der Waals surface area (Å²) in [7, 11) is 0. The average molecular weight is 284 g/mol. The van der Waals surface area contributed by atoms with Gasteiger partial charge in [0, 0.05) is 17.1 Å². The molecule has 1 aromatic heterocycles. The third-order valence-corrected chi connectivity index (χ3v) is 3.11. The number of aryl methyl sites for hydroxylation is 1. The third-order valence-electron chi connectivity index (χ3n) is 2.31. The van der Waals surface area contributed by atoms with Crippen LogP contribution >= 0.6 is 15.9 Å². The minimum absolute atomic E-state index is 0.00370. The van der Waals surface area contributed by atoms with Crippen LogP contribution in [0.1, 0.15) is 16.1 Å². The molecule has 0 bridgehead atoms. The molecule has 1 heterocycles. The predicted molar refractivity (Wildman–Crippen MR) is 60.6 cm³/mol. The number of aromatic amines is 1. The fourth-order valence-corrected chi connectivity index (χ4v) is 2.10. The molecule has 7 heteroatoms. The van der Waals surface area contributed by atoms with Crippen LogP contribution in [0.5, 0.6) is 0 Å². The zero-order chi connectivity index (χ0) is 11.9. The number of nitro groups is 1. The van der Waals surface area contributed by atoms with Crippen molar-refractivity contribution in [2.75, 3.05) is 0 Å². The van der Waals surface area contributed by atoms with Crippen LogP contribution in [0.25, 0.3) is 10.9 Å². The van der Waals surface area contributed by atoms with Crippen LogP contribution in [0.15, 0.2) is 10.5 Å². The molecule has 0 radical (unpaired) electrons. The molecular weight excluding hydrogens is 278 g/mol. The number of carbonyl (C=O) groups excluding carboxylic acids is 1. The smallest absolute Gasteiger partial charge is 0.281 e. The quantitative estimate of drug-likeness (QED) is 0.520. The van der Waals surface area contributed by atoms with Crippen LogP contribution in [0.4, 0.5) is 5.69 Å². The third kappa shape index (κ3) is 1.40. The van der Waals surface area contributed by atoms with Crippen molar-refractivity contribution in [3.8, 4) is 0 Å². The van der Waals surface area contributed by atoms with E-state index < -0.39 is 4.92 Å². The first kappa shape index (κ1) is 10.7. The van der Waals surface area contributed by atoms with Gasteiger partial charge in [0.1, 0.15) is 11.1 Å². The number of H-pyrrole nitrogens is 1. The van der Waals surface area contributed by atoms with Crippen LogP contribution in [0, 0.1) is 17.0 Å². The van der Waals surface area contributed by atoms with Crippen LogP contribution in [-0.4, -0.2) is 21.4 Å². The largest absolute Gasteiger partial charge is 0.298 e. The van der Waals surface area contributed by atoms with E-state index in [2.05, 4.69) is 26.1 Å². The average Bonchev–Trinajstić information content (AvgIpc) is 2.60. The summed E-state index contributed by atoms with van der Waals surface area (Å²) in [6.07, 6.45) is 0.450. The minimum Gasteiger partial charge on any atom is -0.298 e. The second kappa shape index (κ2) is 3.67. The second-order valence-electron chi connectivity index (χ2n) is 3.24. The Kier molecular flexibility index (Phi) is 2.47. The summed E-state index contributed by atoms with van der Waals surface area (Å²) in [5.41, 5.74) is 1.02.